The highest BCUT2D eigenvalue weighted by molar-refractivity contribution is 5.25. The van der Waals surface area contributed by atoms with Gasteiger partial charge in [-0.25, -0.2) is 0 Å². The molecule has 0 amide bonds. The van der Waals surface area contributed by atoms with Crippen LogP contribution in [0.3, 0.4) is 0 Å². The molecule has 0 heterocycles. The van der Waals surface area contributed by atoms with Crippen LogP contribution < -0.4 is 5.73 Å². The molecule has 9 atom stereocenters. The zero-order valence-electron chi connectivity index (χ0n) is 32.5. The van der Waals surface area contributed by atoms with Crippen molar-refractivity contribution in [1.29, 1.82) is 0 Å². The van der Waals surface area contributed by atoms with Gasteiger partial charge >= 0.3 is 0 Å². The third kappa shape index (κ3) is 10.8. The Morgan fingerprint density at radius 2 is 1.47 bits per heavy atom. The zero-order valence-corrected chi connectivity index (χ0v) is 32.5. The van der Waals surface area contributed by atoms with Crippen molar-refractivity contribution in [2.24, 2.45) is 52.1 Å². The van der Waals surface area contributed by atoms with Crippen molar-refractivity contribution in [1.82, 2.24) is 0 Å². The van der Waals surface area contributed by atoms with Crippen LogP contribution in [0.2, 0.25) is 0 Å². The lowest BCUT2D eigenvalue weighted by atomic mass is 9.47. The molecule has 1 unspecified atom stereocenters. The number of ether oxygens (including phenoxy) is 2. The molecule has 3 nitrogen and oxygen atoms in total. The molecule has 3 saturated carbocycles. The van der Waals surface area contributed by atoms with Crippen molar-refractivity contribution in [3.8, 4) is 0 Å². The Bertz CT molecular complexity index is 899. The molecule has 3 fully saturated rings. The molecule has 274 valence electrons. The molecule has 4 aliphatic carbocycles. The summed E-state index contributed by atoms with van der Waals surface area (Å²) < 4.78 is 12.8. The summed E-state index contributed by atoms with van der Waals surface area (Å²) in [6.45, 7) is 17.1. The van der Waals surface area contributed by atoms with Crippen molar-refractivity contribution in [2.75, 3.05) is 19.8 Å². The van der Waals surface area contributed by atoms with Gasteiger partial charge in [0.25, 0.3) is 0 Å². The van der Waals surface area contributed by atoms with E-state index in [1.165, 1.54) is 135 Å². The van der Waals surface area contributed by atoms with Gasteiger partial charge in [-0.15, -0.1) is 0 Å². The maximum absolute atomic E-state index is 6.56. The molecule has 47 heavy (non-hydrogen) atoms. The fourth-order valence-electron chi connectivity index (χ4n) is 11.4. The first-order valence-corrected chi connectivity index (χ1v) is 21.4. The number of hydrogen-bond acceptors (Lipinski definition) is 3. The molecular formula is C44H81NO2. The first kappa shape index (κ1) is 39.4. The monoisotopic (exact) mass is 656 g/mol. The second kappa shape index (κ2) is 19.9. The van der Waals surface area contributed by atoms with Crippen LogP contribution in [0.15, 0.2) is 11.6 Å². The van der Waals surface area contributed by atoms with Crippen molar-refractivity contribution >= 4 is 0 Å². The standard InChI is InChI=1S/C44H81NO2/c1-7-8-9-10-11-12-13-14-15-16-17-18-30-46-38(32-45)33-47-37-26-28-43(5)36(31-37)22-23-39-41-25-24-40(35(4)21-19-20-34(2)3)44(41,6)29-27-42(39)43/h22,34-35,37-42H,7-21,23-33,45H2,1-6H3/t35-,37+,38?,39+,40-,41+,42+,43+,44-/m1/s1. The lowest BCUT2D eigenvalue weighted by Crippen LogP contribution is -2.51. The maximum atomic E-state index is 6.56. The SMILES string of the molecule is CCCCCCCCCCCCCCOC(CN)CO[C@H]1CC[C@@]2(C)C(=CC[C@H]3[C@@H]4CC[C@H]([C@H](C)CCCC(C)C)[C@@]4(C)CC[C@@H]32)C1. The molecule has 4 rings (SSSR count). The maximum Gasteiger partial charge on any atom is 0.0930 e. The summed E-state index contributed by atoms with van der Waals surface area (Å²) in [6.07, 6.45) is 34.7. The fraction of sp³-hybridized carbons (Fsp3) is 0.955. The van der Waals surface area contributed by atoms with Gasteiger partial charge in [0, 0.05) is 13.2 Å². The summed E-state index contributed by atoms with van der Waals surface area (Å²) in [5.41, 5.74) is 8.84. The van der Waals surface area contributed by atoms with Gasteiger partial charge < -0.3 is 15.2 Å². The normalized spacial score (nSPS) is 33.3. The molecule has 0 aromatic heterocycles. The molecular weight excluding hydrogens is 574 g/mol. The van der Waals surface area contributed by atoms with E-state index in [-0.39, 0.29) is 6.10 Å². The lowest BCUT2D eigenvalue weighted by molar-refractivity contribution is -0.0777. The van der Waals surface area contributed by atoms with Crippen LogP contribution in [0.5, 0.6) is 0 Å². The van der Waals surface area contributed by atoms with Crippen LogP contribution in [0.25, 0.3) is 0 Å². The summed E-state index contributed by atoms with van der Waals surface area (Å²) in [7, 11) is 0. The van der Waals surface area contributed by atoms with Gasteiger partial charge in [-0.3, -0.25) is 0 Å². The van der Waals surface area contributed by atoms with Crippen molar-refractivity contribution in [3.05, 3.63) is 11.6 Å². The summed E-state index contributed by atoms with van der Waals surface area (Å²) >= 11 is 0. The second-order valence-electron chi connectivity index (χ2n) is 18.1. The van der Waals surface area contributed by atoms with E-state index < -0.39 is 0 Å². The second-order valence-corrected chi connectivity index (χ2v) is 18.1. The van der Waals surface area contributed by atoms with Gasteiger partial charge in [0.2, 0.25) is 0 Å². The van der Waals surface area contributed by atoms with Crippen molar-refractivity contribution in [3.63, 3.8) is 0 Å². The smallest absolute Gasteiger partial charge is 0.0930 e. The average Bonchev–Trinajstić information content (AvgIpc) is 3.41. The Morgan fingerprint density at radius 1 is 0.787 bits per heavy atom. The Kier molecular flexibility index (Phi) is 16.7. The number of nitrogens with two attached hydrogens (primary N) is 1. The minimum Gasteiger partial charge on any atom is -0.375 e. The number of allylic oxidation sites excluding steroid dienone is 1. The van der Waals surface area contributed by atoms with E-state index in [1.807, 2.05) is 0 Å². The third-order valence-corrected chi connectivity index (χ3v) is 14.4. The lowest BCUT2D eigenvalue weighted by Gasteiger charge is -2.58. The molecule has 0 aromatic rings. The van der Waals surface area contributed by atoms with Crippen LogP contribution >= 0.6 is 0 Å². The molecule has 3 heteroatoms. The summed E-state index contributed by atoms with van der Waals surface area (Å²) in [5.74, 6) is 5.41. The van der Waals surface area contributed by atoms with Gasteiger partial charge in [0.1, 0.15) is 0 Å². The van der Waals surface area contributed by atoms with Gasteiger partial charge in [-0.05, 0) is 104 Å². The Labute approximate surface area is 293 Å². The van der Waals surface area contributed by atoms with E-state index in [2.05, 4.69) is 47.6 Å². The summed E-state index contributed by atoms with van der Waals surface area (Å²) in [6, 6.07) is 0. The number of hydrogen-bond donors (Lipinski definition) is 1. The highest BCUT2D eigenvalue weighted by atomic mass is 16.5. The molecule has 4 aliphatic rings. The molecule has 0 bridgehead atoms. The quantitative estimate of drug-likeness (QED) is 0.0880. The van der Waals surface area contributed by atoms with E-state index in [1.54, 1.807) is 5.57 Å². The summed E-state index contributed by atoms with van der Waals surface area (Å²) in [5, 5.41) is 0. The van der Waals surface area contributed by atoms with Gasteiger partial charge in [0.15, 0.2) is 0 Å². The molecule has 0 aliphatic heterocycles. The largest absolute Gasteiger partial charge is 0.375 e. The van der Waals surface area contributed by atoms with Gasteiger partial charge in [-0.1, -0.05) is 143 Å². The van der Waals surface area contributed by atoms with Crippen molar-refractivity contribution in [2.45, 2.75) is 201 Å². The van der Waals surface area contributed by atoms with Crippen LogP contribution in [0.1, 0.15) is 189 Å². The topological polar surface area (TPSA) is 44.5 Å². The van der Waals surface area contributed by atoms with Gasteiger partial charge in [0.05, 0.1) is 18.8 Å². The Balaban J connectivity index is 1.14. The summed E-state index contributed by atoms with van der Waals surface area (Å²) in [4.78, 5) is 0. The zero-order chi connectivity index (χ0) is 33.7. The minimum atomic E-state index is 0.0415. The molecule has 2 N–H and O–H groups in total. The molecule has 0 aromatic carbocycles. The highest BCUT2D eigenvalue weighted by Crippen LogP contribution is 2.67. The van der Waals surface area contributed by atoms with Crippen molar-refractivity contribution < 1.29 is 9.47 Å². The predicted molar refractivity (Wildman–Crippen MR) is 203 cm³/mol. The Hall–Kier alpha value is -0.380. The van der Waals surface area contributed by atoms with E-state index in [0.717, 1.165) is 55.0 Å². The molecule has 0 spiro atoms. The van der Waals surface area contributed by atoms with Crippen LogP contribution in [-0.2, 0) is 9.47 Å². The van der Waals surface area contributed by atoms with E-state index >= 15 is 0 Å². The molecule has 0 saturated heterocycles. The van der Waals surface area contributed by atoms with Gasteiger partial charge in [-0.2, -0.15) is 0 Å². The van der Waals surface area contributed by atoms with E-state index in [9.17, 15) is 0 Å². The predicted octanol–water partition coefficient (Wildman–Crippen LogP) is 12.5. The van der Waals surface area contributed by atoms with Crippen LogP contribution in [-0.4, -0.2) is 32.0 Å². The first-order valence-electron chi connectivity index (χ1n) is 21.4. The van der Waals surface area contributed by atoms with E-state index in [4.69, 9.17) is 15.2 Å². The minimum absolute atomic E-state index is 0.0415. The number of rotatable bonds is 23. The van der Waals surface area contributed by atoms with Crippen LogP contribution in [0, 0.1) is 46.3 Å². The first-order chi connectivity index (χ1) is 22.7. The average molecular weight is 656 g/mol. The number of fused-ring (bicyclic) bond motifs is 5. The third-order valence-electron chi connectivity index (χ3n) is 14.4. The fourth-order valence-corrected chi connectivity index (χ4v) is 11.4. The Morgan fingerprint density at radius 3 is 2.13 bits per heavy atom. The highest BCUT2D eigenvalue weighted by Gasteiger charge is 2.59. The number of unbranched alkanes of at least 4 members (excludes halogenated alkanes) is 11. The molecule has 0 radical (unpaired) electrons. The van der Waals surface area contributed by atoms with Crippen LogP contribution in [0.4, 0.5) is 0 Å². The van der Waals surface area contributed by atoms with E-state index in [0.29, 0.717) is 30.1 Å².